The van der Waals surface area contributed by atoms with Gasteiger partial charge in [-0.2, -0.15) is 0 Å². The second-order valence-electron chi connectivity index (χ2n) is 8.36. The van der Waals surface area contributed by atoms with Gasteiger partial charge in [0, 0.05) is 18.8 Å². The Labute approximate surface area is 156 Å². The van der Waals surface area contributed by atoms with Crippen LogP contribution in [0, 0.1) is 11.8 Å². The monoisotopic (exact) mass is 358 g/mol. The van der Waals surface area contributed by atoms with Gasteiger partial charge < -0.3 is 19.8 Å². The van der Waals surface area contributed by atoms with E-state index in [-0.39, 0.29) is 0 Å². The zero-order valence-corrected chi connectivity index (χ0v) is 15.7. The maximum atomic E-state index is 12.8. The molecule has 0 spiro atoms. The van der Waals surface area contributed by atoms with E-state index < -0.39 is 0 Å². The van der Waals surface area contributed by atoms with Gasteiger partial charge in [-0.3, -0.25) is 4.79 Å². The minimum Gasteiger partial charge on any atom is -0.508 e. The SMILES string of the molecule is O=C(C[NH+]1CCN(c2ccc(O)cc2)CC1)N1CC[C@H]2CCCC[C@@H]2C1. The molecule has 4 rings (SSSR count). The summed E-state index contributed by atoms with van der Waals surface area (Å²) in [4.78, 5) is 18.7. The van der Waals surface area contributed by atoms with Gasteiger partial charge in [0.15, 0.2) is 6.54 Å². The maximum absolute atomic E-state index is 12.8. The number of quaternary nitrogens is 1. The third-order valence-electron chi connectivity index (χ3n) is 6.73. The first-order valence-electron chi connectivity index (χ1n) is 10.3. The third kappa shape index (κ3) is 3.98. The van der Waals surface area contributed by atoms with Crippen LogP contribution in [0.1, 0.15) is 32.1 Å². The minimum atomic E-state index is 0.311. The van der Waals surface area contributed by atoms with Gasteiger partial charge in [-0.05, 0) is 48.9 Å². The molecule has 5 nitrogen and oxygen atoms in total. The number of hydrogen-bond donors (Lipinski definition) is 2. The third-order valence-corrected chi connectivity index (χ3v) is 6.73. The number of benzene rings is 1. The molecular weight excluding hydrogens is 326 g/mol. The standard InChI is InChI=1S/C21H31N3O2/c25-20-7-5-19(6-8-20)23-13-11-22(12-14-23)16-21(26)24-10-9-17-3-1-2-4-18(17)15-24/h5-8,17-18,25H,1-4,9-16H2/p+1/t17-,18-/m1/s1. The molecule has 2 heterocycles. The van der Waals surface area contributed by atoms with Crippen molar-refractivity contribution < 1.29 is 14.8 Å². The summed E-state index contributed by atoms with van der Waals surface area (Å²) in [5.74, 6) is 2.32. The van der Waals surface area contributed by atoms with Crippen LogP contribution < -0.4 is 9.80 Å². The van der Waals surface area contributed by atoms with Crippen LogP contribution in [0.15, 0.2) is 24.3 Å². The minimum absolute atomic E-state index is 0.311. The smallest absolute Gasteiger partial charge is 0.277 e. The summed E-state index contributed by atoms with van der Waals surface area (Å²) in [5.41, 5.74) is 1.16. The van der Waals surface area contributed by atoms with Crippen LogP contribution >= 0.6 is 0 Å². The summed E-state index contributed by atoms with van der Waals surface area (Å²) in [6, 6.07) is 7.43. The molecule has 142 valence electrons. The Kier molecular flexibility index (Phi) is 5.34. The molecule has 2 atom stereocenters. The molecule has 1 amide bonds. The average Bonchev–Trinajstić information content (AvgIpc) is 2.69. The lowest BCUT2D eigenvalue weighted by Crippen LogP contribution is -3.16. The van der Waals surface area contributed by atoms with Crippen molar-refractivity contribution in [1.29, 1.82) is 0 Å². The Morgan fingerprint density at radius 1 is 1.00 bits per heavy atom. The normalized spacial score (nSPS) is 27.2. The van der Waals surface area contributed by atoms with Crippen LogP contribution in [0.3, 0.4) is 0 Å². The van der Waals surface area contributed by atoms with E-state index in [2.05, 4.69) is 9.80 Å². The Morgan fingerprint density at radius 2 is 1.69 bits per heavy atom. The number of likely N-dealkylation sites (tertiary alicyclic amines) is 1. The molecule has 3 aliphatic rings. The van der Waals surface area contributed by atoms with Crippen LogP contribution in [-0.2, 0) is 4.79 Å². The average molecular weight is 359 g/mol. The summed E-state index contributed by atoms with van der Waals surface area (Å²) in [7, 11) is 0. The summed E-state index contributed by atoms with van der Waals surface area (Å²) in [6.45, 7) is 6.60. The lowest BCUT2D eigenvalue weighted by molar-refractivity contribution is -0.892. The molecule has 1 aliphatic carbocycles. The Morgan fingerprint density at radius 3 is 2.42 bits per heavy atom. The fourth-order valence-corrected chi connectivity index (χ4v) is 5.07. The number of amides is 1. The van der Waals surface area contributed by atoms with E-state index in [4.69, 9.17) is 0 Å². The van der Waals surface area contributed by atoms with Gasteiger partial charge in [0.25, 0.3) is 5.91 Å². The van der Waals surface area contributed by atoms with Crippen molar-refractivity contribution in [3.05, 3.63) is 24.3 Å². The molecule has 0 bridgehead atoms. The van der Waals surface area contributed by atoms with Crippen LogP contribution in [0.2, 0.25) is 0 Å². The van der Waals surface area contributed by atoms with E-state index in [1.54, 1.807) is 12.1 Å². The van der Waals surface area contributed by atoms with Crippen molar-refractivity contribution in [3.63, 3.8) is 0 Å². The molecule has 3 fully saturated rings. The second-order valence-corrected chi connectivity index (χ2v) is 8.36. The topological polar surface area (TPSA) is 48.2 Å². The van der Waals surface area contributed by atoms with E-state index in [1.807, 2.05) is 12.1 Å². The van der Waals surface area contributed by atoms with Gasteiger partial charge >= 0.3 is 0 Å². The summed E-state index contributed by atoms with van der Waals surface area (Å²) < 4.78 is 0. The highest BCUT2D eigenvalue weighted by atomic mass is 16.3. The Balaban J connectivity index is 1.25. The van der Waals surface area contributed by atoms with E-state index in [0.717, 1.165) is 56.8 Å². The van der Waals surface area contributed by atoms with Crippen LogP contribution in [0.4, 0.5) is 5.69 Å². The first kappa shape index (κ1) is 17.7. The summed E-state index contributed by atoms with van der Waals surface area (Å²) in [5, 5.41) is 9.43. The molecular formula is C21H32N3O2+. The number of hydrogen-bond acceptors (Lipinski definition) is 3. The van der Waals surface area contributed by atoms with Crippen molar-refractivity contribution in [2.75, 3.05) is 50.7 Å². The van der Waals surface area contributed by atoms with E-state index in [9.17, 15) is 9.90 Å². The number of phenols is 1. The molecule has 2 N–H and O–H groups in total. The fraction of sp³-hybridized carbons (Fsp3) is 0.667. The van der Waals surface area contributed by atoms with Crippen molar-refractivity contribution in [1.82, 2.24) is 4.90 Å². The zero-order chi connectivity index (χ0) is 17.9. The van der Waals surface area contributed by atoms with Gasteiger partial charge in [-0.25, -0.2) is 0 Å². The van der Waals surface area contributed by atoms with E-state index in [1.165, 1.54) is 37.0 Å². The van der Waals surface area contributed by atoms with Crippen molar-refractivity contribution in [3.8, 4) is 5.75 Å². The predicted molar refractivity (Wildman–Crippen MR) is 103 cm³/mol. The number of phenolic OH excluding ortho intramolecular Hbond substituents is 1. The highest BCUT2D eigenvalue weighted by molar-refractivity contribution is 5.77. The highest BCUT2D eigenvalue weighted by Crippen LogP contribution is 2.35. The number of piperazine rings is 1. The first-order chi connectivity index (χ1) is 12.7. The number of aromatic hydroxyl groups is 1. The number of nitrogens with zero attached hydrogens (tertiary/aromatic N) is 2. The molecule has 1 saturated carbocycles. The fourth-order valence-electron chi connectivity index (χ4n) is 5.07. The Hall–Kier alpha value is -1.75. The second kappa shape index (κ2) is 7.87. The molecule has 0 aromatic heterocycles. The molecule has 5 heteroatoms. The summed E-state index contributed by atoms with van der Waals surface area (Å²) >= 11 is 0. The quantitative estimate of drug-likeness (QED) is 0.852. The molecule has 26 heavy (non-hydrogen) atoms. The maximum Gasteiger partial charge on any atom is 0.277 e. The number of fused-ring (bicyclic) bond motifs is 1. The molecule has 2 saturated heterocycles. The number of piperidine rings is 1. The van der Waals surface area contributed by atoms with Crippen molar-refractivity contribution in [2.45, 2.75) is 32.1 Å². The molecule has 1 aromatic carbocycles. The number of nitrogens with one attached hydrogen (secondary N) is 1. The molecule has 1 aromatic rings. The van der Waals surface area contributed by atoms with Crippen LogP contribution in [0.25, 0.3) is 0 Å². The highest BCUT2D eigenvalue weighted by Gasteiger charge is 2.34. The van der Waals surface area contributed by atoms with Gasteiger partial charge in [0.05, 0.1) is 26.2 Å². The van der Waals surface area contributed by atoms with E-state index >= 15 is 0 Å². The number of carbonyl (C=O) groups is 1. The first-order valence-corrected chi connectivity index (χ1v) is 10.3. The lowest BCUT2D eigenvalue weighted by atomic mass is 9.75. The molecule has 0 unspecified atom stereocenters. The van der Waals surface area contributed by atoms with Crippen LogP contribution in [-0.4, -0.2) is 61.7 Å². The Bertz CT molecular complexity index is 610. The van der Waals surface area contributed by atoms with Gasteiger partial charge in [-0.15, -0.1) is 0 Å². The predicted octanol–water partition coefficient (Wildman–Crippen LogP) is 1.14. The number of anilines is 1. The van der Waals surface area contributed by atoms with Gasteiger partial charge in [0.2, 0.25) is 0 Å². The largest absolute Gasteiger partial charge is 0.508 e. The molecule has 0 radical (unpaired) electrons. The zero-order valence-electron chi connectivity index (χ0n) is 15.7. The van der Waals surface area contributed by atoms with Gasteiger partial charge in [0.1, 0.15) is 5.75 Å². The summed E-state index contributed by atoms with van der Waals surface area (Å²) in [6.07, 6.45) is 6.68. The van der Waals surface area contributed by atoms with E-state index in [0.29, 0.717) is 18.2 Å². The van der Waals surface area contributed by atoms with Crippen molar-refractivity contribution >= 4 is 11.6 Å². The molecule has 2 aliphatic heterocycles. The van der Waals surface area contributed by atoms with Crippen molar-refractivity contribution in [2.24, 2.45) is 11.8 Å². The van der Waals surface area contributed by atoms with Gasteiger partial charge in [-0.1, -0.05) is 19.3 Å². The number of carbonyl (C=O) groups excluding carboxylic acids is 1. The van der Waals surface area contributed by atoms with Crippen LogP contribution in [0.5, 0.6) is 5.75 Å². The lowest BCUT2D eigenvalue weighted by Gasteiger charge is -2.41. The number of rotatable bonds is 3.